The van der Waals surface area contributed by atoms with Gasteiger partial charge in [-0.1, -0.05) is 34.1 Å². The quantitative estimate of drug-likeness (QED) is 0.624. The van der Waals surface area contributed by atoms with Crippen molar-refractivity contribution in [2.24, 2.45) is 0 Å². The van der Waals surface area contributed by atoms with Gasteiger partial charge in [-0.05, 0) is 73.3 Å². The number of hydrogen-bond donors (Lipinski definition) is 1. The molecule has 1 atom stereocenters. The molecule has 21 heavy (non-hydrogen) atoms. The van der Waals surface area contributed by atoms with Gasteiger partial charge in [-0.2, -0.15) is 0 Å². The summed E-state index contributed by atoms with van der Waals surface area (Å²) in [6.45, 7) is 4.10. The van der Waals surface area contributed by atoms with Crippen LogP contribution >= 0.6 is 38.5 Å². The summed E-state index contributed by atoms with van der Waals surface area (Å²) in [5.41, 5.74) is 2.40. The van der Waals surface area contributed by atoms with E-state index < -0.39 is 0 Å². The van der Waals surface area contributed by atoms with Gasteiger partial charge in [-0.25, -0.2) is 0 Å². The molecule has 0 amide bonds. The summed E-state index contributed by atoms with van der Waals surface area (Å²) in [4.78, 5) is 0. The molecule has 0 bridgehead atoms. The lowest BCUT2D eigenvalue weighted by Crippen LogP contribution is -2.20. The van der Waals surface area contributed by atoms with Gasteiger partial charge in [-0.3, -0.25) is 0 Å². The molecule has 0 saturated carbocycles. The van der Waals surface area contributed by atoms with Gasteiger partial charge in [0.2, 0.25) is 0 Å². The monoisotopic (exact) mass is 459 g/mol. The molecule has 0 aromatic heterocycles. The van der Waals surface area contributed by atoms with Crippen molar-refractivity contribution in [3.05, 3.63) is 61.6 Å². The first kappa shape index (κ1) is 16.8. The number of para-hydroxylation sites is 1. The minimum atomic E-state index is 0.101. The molecule has 1 N–H and O–H groups in total. The molecule has 2 aromatic carbocycles. The zero-order valence-corrected chi connectivity index (χ0v) is 16.1. The maximum atomic E-state index is 5.97. The molecule has 0 aliphatic carbocycles. The van der Waals surface area contributed by atoms with Crippen LogP contribution in [0.25, 0.3) is 0 Å². The Bertz CT molecular complexity index is 615. The fourth-order valence-corrected chi connectivity index (χ4v) is 3.32. The van der Waals surface area contributed by atoms with Crippen LogP contribution in [0.2, 0.25) is 0 Å². The molecule has 0 fully saturated rings. The van der Waals surface area contributed by atoms with Crippen molar-refractivity contribution in [3.63, 3.8) is 0 Å². The lowest BCUT2D eigenvalue weighted by atomic mass is 9.98. The Labute approximate surface area is 148 Å². The highest BCUT2D eigenvalue weighted by Gasteiger charge is 2.19. The third kappa shape index (κ3) is 4.20. The smallest absolute Gasteiger partial charge is 0.124 e. The van der Waals surface area contributed by atoms with Crippen LogP contribution < -0.4 is 10.1 Å². The van der Waals surface area contributed by atoms with Crippen molar-refractivity contribution in [2.45, 2.75) is 26.0 Å². The maximum absolute atomic E-state index is 5.97. The summed E-state index contributed by atoms with van der Waals surface area (Å²) >= 11 is 5.94. The van der Waals surface area contributed by atoms with Crippen molar-refractivity contribution in [1.29, 1.82) is 0 Å². The van der Waals surface area contributed by atoms with E-state index in [9.17, 15) is 0 Å². The number of rotatable bonds is 5. The second kappa shape index (κ2) is 7.61. The van der Waals surface area contributed by atoms with Gasteiger partial charge in [0, 0.05) is 13.6 Å². The molecule has 0 radical (unpaired) electrons. The van der Waals surface area contributed by atoms with Crippen molar-refractivity contribution in [1.82, 2.24) is 5.32 Å². The fourth-order valence-electron chi connectivity index (χ4n) is 2.29. The van der Waals surface area contributed by atoms with E-state index in [2.05, 4.69) is 74.2 Å². The van der Waals surface area contributed by atoms with E-state index in [1.165, 1.54) is 9.13 Å². The van der Waals surface area contributed by atoms with E-state index in [4.69, 9.17) is 4.74 Å². The van der Waals surface area contributed by atoms with Crippen molar-refractivity contribution >= 4 is 38.5 Å². The predicted octanol–water partition coefficient (Wildman–Crippen LogP) is 5.15. The van der Waals surface area contributed by atoms with Crippen molar-refractivity contribution in [2.75, 3.05) is 7.05 Å². The summed E-state index contributed by atoms with van der Waals surface area (Å²) in [5.74, 6) is 0.933. The highest BCUT2D eigenvalue weighted by atomic mass is 127. The summed E-state index contributed by atoms with van der Waals surface area (Å²) in [6.07, 6.45) is 0.158. The Balaban J connectivity index is 2.49. The molecule has 2 aromatic rings. The molecule has 4 heteroatoms. The Morgan fingerprint density at radius 2 is 1.81 bits per heavy atom. The zero-order chi connectivity index (χ0) is 15.4. The summed E-state index contributed by atoms with van der Waals surface area (Å²) in [7, 11) is 1.98. The third-order valence-corrected chi connectivity index (χ3v) is 4.63. The van der Waals surface area contributed by atoms with Crippen LogP contribution in [0.15, 0.2) is 46.9 Å². The highest BCUT2D eigenvalue weighted by molar-refractivity contribution is 14.1. The lowest BCUT2D eigenvalue weighted by Gasteiger charge is -2.23. The predicted molar refractivity (Wildman–Crippen MR) is 100.0 cm³/mol. The van der Waals surface area contributed by atoms with Crippen LogP contribution in [0.5, 0.6) is 5.75 Å². The molecule has 0 aliphatic rings. The van der Waals surface area contributed by atoms with Crippen LogP contribution in [0.4, 0.5) is 0 Å². The minimum Gasteiger partial charge on any atom is -0.491 e. The molecule has 2 rings (SSSR count). The van der Waals surface area contributed by atoms with Gasteiger partial charge in [0.05, 0.1) is 12.1 Å². The molecule has 0 spiro atoms. The normalized spacial score (nSPS) is 12.5. The van der Waals surface area contributed by atoms with Crippen LogP contribution in [-0.4, -0.2) is 13.2 Å². The van der Waals surface area contributed by atoms with Gasteiger partial charge in [0.25, 0.3) is 0 Å². The van der Waals surface area contributed by atoms with Gasteiger partial charge < -0.3 is 10.1 Å². The number of hydrogen-bond acceptors (Lipinski definition) is 2. The van der Waals surface area contributed by atoms with Gasteiger partial charge >= 0.3 is 0 Å². The van der Waals surface area contributed by atoms with Gasteiger partial charge in [0.1, 0.15) is 5.75 Å². The van der Waals surface area contributed by atoms with Crippen LogP contribution in [-0.2, 0) is 0 Å². The Morgan fingerprint density at radius 3 is 2.48 bits per heavy atom. The Kier molecular flexibility index (Phi) is 6.08. The minimum absolute atomic E-state index is 0.101. The Morgan fingerprint density at radius 1 is 1.10 bits per heavy atom. The third-order valence-electron chi connectivity index (χ3n) is 3.15. The van der Waals surface area contributed by atoms with Crippen LogP contribution in [0.3, 0.4) is 0 Å². The van der Waals surface area contributed by atoms with Crippen LogP contribution in [0, 0.1) is 3.57 Å². The van der Waals surface area contributed by atoms with Gasteiger partial charge in [-0.15, -0.1) is 0 Å². The second-order valence-electron chi connectivity index (χ2n) is 5.09. The number of ether oxygens (including phenoxy) is 1. The number of nitrogens with one attached hydrogen (secondary N) is 1. The number of benzene rings is 2. The molecule has 1 unspecified atom stereocenters. The second-order valence-corrected chi connectivity index (χ2v) is 7.17. The highest BCUT2D eigenvalue weighted by Crippen LogP contribution is 2.33. The molecule has 112 valence electrons. The van der Waals surface area contributed by atoms with E-state index in [0.717, 1.165) is 15.8 Å². The van der Waals surface area contributed by atoms with E-state index in [-0.39, 0.29) is 12.1 Å². The van der Waals surface area contributed by atoms with Gasteiger partial charge in [0.15, 0.2) is 0 Å². The Hall–Kier alpha value is -0.590. The first-order valence-electron chi connectivity index (χ1n) is 6.90. The largest absolute Gasteiger partial charge is 0.491 e. The average Bonchev–Trinajstić information content (AvgIpc) is 2.44. The van der Waals surface area contributed by atoms with E-state index in [1.807, 2.05) is 33.0 Å². The van der Waals surface area contributed by atoms with Crippen LogP contribution in [0.1, 0.15) is 31.0 Å². The summed E-state index contributed by atoms with van der Waals surface area (Å²) in [6, 6.07) is 14.7. The van der Waals surface area contributed by atoms with Crippen molar-refractivity contribution in [3.8, 4) is 5.75 Å². The molecular weight excluding hydrogens is 441 g/mol. The summed E-state index contributed by atoms with van der Waals surface area (Å²) in [5, 5.41) is 3.41. The molecular formula is C17H19BrINO. The topological polar surface area (TPSA) is 21.3 Å². The standard InChI is InChI=1S/C17H19BrINO/c1-11(2)21-16-7-5-4-6-13(16)17(20-3)14-10-12(18)8-9-15(14)19/h4-11,17,20H,1-3H3. The van der Waals surface area contributed by atoms with E-state index in [1.54, 1.807) is 0 Å². The molecule has 0 saturated heterocycles. The fraction of sp³-hybridized carbons (Fsp3) is 0.294. The molecule has 2 nitrogen and oxygen atoms in total. The van der Waals surface area contributed by atoms with E-state index in [0.29, 0.717) is 0 Å². The molecule has 0 aliphatic heterocycles. The SMILES string of the molecule is CNC(c1cc(Br)ccc1I)c1ccccc1OC(C)C. The first-order valence-corrected chi connectivity index (χ1v) is 8.78. The lowest BCUT2D eigenvalue weighted by molar-refractivity contribution is 0.238. The zero-order valence-electron chi connectivity index (χ0n) is 12.4. The maximum Gasteiger partial charge on any atom is 0.124 e. The van der Waals surface area contributed by atoms with E-state index >= 15 is 0 Å². The average molecular weight is 460 g/mol. The number of halogens is 2. The summed E-state index contributed by atoms with van der Waals surface area (Å²) < 4.78 is 8.28. The molecule has 0 heterocycles. The van der Waals surface area contributed by atoms with Crippen molar-refractivity contribution < 1.29 is 4.74 Å². The first-order chi connectivity index (χ1) is 10.0.